The van der Waals surface area contributed by atoms with Crippen LogP contribution < -0.4 is 4.74 Å². The van der Waals surface area contributed by atoms with Crippen LogP contribution in [0.2, 0.25) is 0 Å². The van der Waals surface area contributed by atoms with Crippen molar-refractivity contribution in [1.29, 1.82) is 0 Å². The summed E-state index contributed by atoms with van der Waals surface area (Å²) in [6.07, 6.45) is 0.779. The number of fused-ring (bicyclic) bond motifs is 1. The van der Waals surface area contributed by atoms with Crippen molar-refractivity contribution in [3.63, 3.8) is 0 Å². The number of hydrogen-bond acceptors (Lipinski definition) is 4. The molecule has 0 spiro atoms. The molecular weight excluding hydrogens is 400 g/mol. The highest BCUT2D eigenvalue weighted by molar-refractivity contribution is 7.89. The van der Waals surface area contributed by atoms with E-state index in [-0.39, 0.29) is 35.9 Å². The molecule has 1 amide bonds. The van der Waals surface area contributed by atoms with Gasteiger partial charge in [-0.1, -0.05) is 38.1 Å². The summed E-state index contributed by atoms with van der Waals surface area (Å²) >= 11 is 0. The van der Waals surface area contributed by atoms with E-state index in [2.05, 4.69) is 6.07 Å². The molecule has 2 aromatic carbocycles. The topological polar surface area (TPSA) is 66.9 Å². The first-order chi connectivity index (χ1) is 14.2. The fourth-order valence-corrected chi connectivity index (χ4v) is 5.46. The van der Waals surface area contributed by atoms with Gasteiger partial charge in [-0.25, -0.2) is 8.42 Å². The number of benzene rings is 2. The van der Waals surface area contributed by atoms with Crippen molar-refractivity contribution in [2.24, 2.45) is 5.92 Å². The van der Waals surface area contributed by atoms with Crippen LogP contribution in [-0.2, 0) is 21.2 Å². The van der Waals surface area contributed by atoms with Crippen molar-refractivity contribution in [3.8, 4) is 5.75 Å². The molecule has 2 aromatic rings. The summed E-state index contributed by atoms with van der Waals surface area (Å²) in [4.78, 5) is 15.1. The van der Waals surface area contributed by atoms with Gasteiger partial charge in [0.1, 0.15) is 5.75 Å². The Kier molecular flexibility index (Phi) is 6.83. The molecular formula is C23H30N2O4S. The van der Waals surface area contributed by atoms with Gasteiger partial charge in [0.05, 0.1) is 24.6 Å². The van der Waals surface area contributed by atoms with Gasteiger partial charge in [0, 0.05) is 13.1 Å². The Bertz CT molecular complexity index is 987. The van der Waals surface area contributed by atoms with E-state index >= 15 is 0 Å². The highest BCUT2D eigenvalue weighted by atomic mass is 32.2. The summed E-state index contributed by atoms with van der Waals surface area (Å²) < 4.78 is 33.0. The molecule has 0 radical (unpaired) electrons. The Balaban J connectivity index is 1.83. The lowest BCUT2D eigenvalue weighted by Gasteiger charge is -2.36. The van der Waals surface area contributed by atoms with Crippen LogP contribution in [0.3, 0.4) is 0 Å². The van der Waals surface area contributed by atoms with Crippen LogP contribution in [-0.4, -0.2) is 50.3 Å². The molecule has 0 bridgehead atoms. The number of sulfonamides is 1. The van der Waals surface area contributed by atoms with E-state index in [9.17, 15) is 13.2 Å². The Hall–Kier alpha value is -2.38. The predicted molar refractivity (Wildman–Crippen MR) is 117 cm³/mol. The molecule has 0 saturated carbocycles. The van der Waals surface area contributed by atoms with Gasteiger partial charge in [-0.2, -0.15) is 4.31 Å². The fraction of sp³-hybridized carbons (Fsp3) is 0.435. The first kappa shape index (κ1) is 22.3. The molecule has 1 atom stereocenters. The van der Waals surface area contributed by atoms with Crippen LogP contribution in [0.1, 0.15) is 37.9 Å². The minimum absolute atomic E-state index is 0.0768. The number of hydrogen-bond donors (Lipinski definition) is 0. The van der Waals surface area contributed by atoms with Crippen LogP contribution in [0.5, 0.6) is 5.75 Å². The molecule has 162 valence electrons. The number of carbonyl (C=O) groups is 1. The van der Waals surface area contributed by atoms with Gasteiger partial charge < -0.3 is 9.64 Å². The third kappa shape index (κ3) is 4.68. The average Bonchev–Trinajstić information content (AvgIpc) is 2.73. The van der Waals surface area contributed by atoms with Crippen molar-refractivity contribution in [2.45, 2.75) is 38.1 Å². The molecule has 1 aliphatic rings. The largest absolute Gasteiger partial charge is 0.497 e. The van der Waals surface area contributed by atoms with E-state index in [0.717, 1.165) is 12.0 Å². The highest BCUT2D eigenvalue weighted by Gasteiger charge is 2.32. The predicted octanol–water partition coefficient (Wildman–Crippen LogP) is 3.49. The van der Waals surface area contributed by atoms with Crippen LogP contribution in [0, 0.1) is 5.92 Å². The lowest BCUT2D eigenvalue weighted by Crippen LogP contribution is -2.46. The monoisotopic (exact) mass is 430 g/mol. The van der Waals surface area contributed by atoms with Gasteiger partial charge in [-0.05, 0) is 54.7 Å². The van der Waals surface area contributed by atoms with Gasteiger partial charge in [-0.15, -0.1) is 0 Å². The maximum absolute atomic E-state index is 13.3. The van der Waals surface area contributed by atoms with E-state index in [0.29, 0.717) is 12.3 Å². The van der Waals surface area contributed by atoms with E-state index in [1.54, 1.807) is 17.0 Å². The van der Waals surface area contributed by atoms with E-state index in [1.807, 2.05) is 39.0 Å². The summed E-state index contributed by atoms with van der Waals surface area (Å²) in [6, 6.07) is 14.3. The summed E-state index contributed by atoms with van der Waals surface area (Å²) in [5, 5.41) is 0. The standard InChI is InChI=1S/C23H30N2O4S/c1-17(2)15-24(30(27,28)21-11-9-20(29-4)10-12-21)16-23(26)25-14-13-19-7-5-6-8-22(19)18(25)3/h5-12,17-18H,13-16H2,1-4H3. The third-order valence-electron chi connectivity index (χ3n) is 5.49. The van der Waals surface area contributed by atoms with Crippen molar-refractivity contribution >= 4 is 15.9 Å². The smallest absolute Gasteiger partial charge is 0.243 e. The Morgan fingerprint density at radius 3 is 2.47 bits per heavy atom. The number of amides is 1. The SMILES string of the molecule is COc1ccc(S(=O)(=O)N(CC(=O)N2CCc3ccccc3C2C)CC(C)C)cc1. The molecule has 1 aliphatic heterocycles. The van der Waals surface area contributed by atoms with Crippen LogP contribution >= 0.6 is 0 Å². The quantitative estimate of drug-likeness (QED) is 0.674. The zero-order valence-corrected chi connectivity index (χ0v) is 18.9. The second kappa shape index (κ2) is 9.18. The molecule has 0 aromatic heterocycles. The summed E-state index contributed by atoms with van der Waals surface area (Å²) in [6.45, 7) is 6.59. The molecule has 1 unspecified atom stereocenters. The number of rotatable bonds is 7. The van der Waals surface area contributed by atoms with E-state index < -0.39 is 10.0 Å². The Morgan fingerprint density at radius 1 is 1.17 bits per heavy atom. The molecule has 0 aliphatic carbocycles. The highest BCUT2D eigenvalue weighted by Crippen LogP contribution is 2.29. The van der Waals surface area contributed by atoms with Crippen molar-refractivity contribution in [3.05, 3.63) is 59.7 Å². The summed E-state index contributed by atoms with van der Waals surface area (Å²) in [7, 11) is -2.27. The number of methoxy groups -OCH3 is 1. The molecule has 1 heterocycles. The van der Waals surface area contributed by atoms with Gasteiger partial charge in [0.15, 0.2) is 0 Å². The van der Waals surface area contributed by atoms with Crippen LogP contribution in [0.4, 0.5) is 0 Å². The lowest BCUT2D eigenvalue weighted by atomic mass is 9.93. The number of carbonyl (C=O) groups excluding carboxylic acids is 1. The molecule has 3 rings (SSSR count). The summed E-state index contributed by atoms with van der Waals surface area (Å²) in [5.41, 5.74) is 2.38. The zero-order valence-electron chi connectivity index (χ0n) is 18.0. The van der Waals surface area contributed by atoms with Crippen LogP contribution in [0.15, 0.2) is 53.4 Å². The van der Waals surface area contributed by atoms with E-state index in [1.165, 1.54) is 29.1 Å². The Labute approximate surface area is 179 Å². The Morgan fingerprint density at radius 2 is 1.83 bits per heavy atom. The third-order valence-corrected chi connectivity index (χ3v) is 7.32. The number of ether oxygens (including phenoxy) is 1. The summed E-state index contributed by atoms with van der Waals surface area (Å²) in [5.74, 6) is 0.501. The number of nitrogens with zero attached hydrogens (tertiary/aromatic N) is 2. The maximum Gasteiger partial charge on any atom is 0.243 e. The second-order valence-electron chi connectivity index (χ2n) is 8.08. The molecule has 0 saturated heterocycles. The minimum Gasteiger partial charge on any atom is -0.497 e. The first-order valence-corrected chi connectivity index (χ1v) is 11.7. The van der Waals surface area contributed by atoms with Crippen LogP contribution in [0.25, 0.3) is 0 Å². The zero-order chi connectivity index (χ0) is 21.9. The van der Waals surface area contributed by atoms with Gasteiger partial charge in [0.2, 0.25) is 15.9 Å². The van der Waals surface area contributed by atoms with Gasteiger partial charge in [-0.3, -0.25) is 4.79 Å². The minimum atomic E-state index is -3.80. The molecule has 7 heteroatoms. The first-order valence-electron chi connectivity index (χ1n) is 10.3. The second-order valence-corrected chi connectivity index (χ2v) is 10.0. The maximum atomic E-state index is 13.3. The normalized spacial score (nSPS) is 16.6. The van der Waals surface area contributed by atoms with Crippen molar-refractivity contribution in [1.82, 2.24) is 9.21 Å². The van der Waals surface area contributed by atoms with Gasteiger partial charge in [0.25, 0.3) is 0 Å². The molecule has 30 heavy (non-hydrogen) atoms. The van der Waals surface area contributed by atoms with Gasteiger partial charge >= 0.3 is 0 Å². The average molecular weight is 431 g/mol. The fourth-order valence-electron chi connectivity index (χ4n) is 3.91. The lowest BCUT2D eigenvalue weighted by molar-refractivity contribution is -0.134. The molecule has 0 fully saturated rings. The van der Waals surface area contributed by atoms with Crippen molar-refractivity contribution < 1.29 is 17.9 Å². The van der Waals surface area contributed by atoms with Crippen molar-refractivity contribution in [2.75, 3.05) is 26.7 Å². The molecule has 0 N–H and O–H groups in total. The van der Waals surface area contributed by atoms with E-state index in [4.69, 9.17) is 4.74 Å². The molecule has 6 nitrogen and oxygen atoms in total.